The van der Waals surface area contributed by atoms with Crippen LogP contribution in [0.3, 0.4) is 0 Å². The highest BCUT2D eigenvalue weighted by Crippen LogP contribution is 2.37. The van der Waals surface area contributed by atoms with Gasteiger partial charge in [0.2, 0.25) is 0 Å². The number of hydrogen-bond acceptors (Lipinski definition) is 6. The van der Waals surface area contributed by atoms with E-state index in [4.69, 9.17) is 10.8 Å². The van der Waals surface area contributed by atoms with Crippen LogP contribution in [-0.4, -0.2) is 45.3 Å². The molecule has 1 aliphatic heterocycles. The Hall–Kier alpha value is -3.27. The van der Waals surface area contributed by atoms with Gasteiger partial charge in [0.1, 0.15) is 23.0 Å². The number of aliphatic hydroxyl groups is 1. The number of amides is 1. The quantitative estimate of drug-likeness (QED) is 0.599. The molecular weight excluding hydrogens is 382 g/mol. The number of anilines is 2. The first-order valence-corrected chi connectivity index (χ1v) is 9.25. The van der Waals surface area contributed by atoms with Crippen molar-refractivity contribution in [2.24, 2.45) is 0 Å². The van der Waals surface area contributed by atoms with Crippen LogP contribution in [0.1, 0.15) is 34.8 Å². The van der Waals surface area contributed by atoms with Crippen LogP contribution in [0, 0.1) is 11.6 Å². The molecule has 10 heteroatoms. The highest BCUT2D eigenvalue weighted by molar-refractivity contribution is 6.04. The number of benzene rings is 1. The van der Waals surface area contributed by atoms with Crippen molar-refractivity contribution in [3.8, 4) is 0 Å². The number of halogens is 2. The number of aromatic nitrogens is 3. The lowest BCUT2D eigenvalue weighted by molar-refractivity contribution is 0.0947. The lowest BCUT2D eigenvalue weighted by atomic mass is 10.0. The first kappa shape index (κ1) is 19.1. The minimum atomic E-state index is -0.497. The Labute approximate surface area is 164 Å². The fraction of sp³-hybridized carbons (Fsp3) is 0.316. The van der Waals surface area contributed by atoms with Crippen molar-refractivity contribution < 1.29 is 18.7 Å². The fourth-order valence-corrected chi connectivity index (χ4v) is 3.71. The predicted molar refractivity (Wildman–Crippen MR) is 102 cm³/mol. The third-order valence-electron chi connectivity index (χ3n) is 4.99. The maximum absolute atomic E-state index is 14.3. The Bertz CT molecular complexity index is 1070. The van der Waals surface area contributed by atoms with Crippen molar-refractivity contribution in [2.75, 3.05) is 30.3 Å². The highest BCUT2D eigenvalue weighted by Gasteiger charge is 2.30. The average molecular weight is 402 g/mol. The molecule has 29 heavy (non-hydrogen) atoms. The molecular formula is C19H20F2N6O2. The third-order valence-corrected chi connectivity index (χ3v) is 4.99. The average Bonchev–Trinajstić information content (AvgIpc) is 3.31. The summed E-state index contributed by atoms with van der Waals surface area (Å²) >= 11 is 0. The lowest BCUT2D eigenvalue weighted by Gasteiger charge is -2.26. The zero-order valence-electron chi connectivity index (χ0n) is 15.5. The summed E-state index contributed by atoms with van der Waals surface area (Å²) < 4.78 is 29.4. The molecule has 1 unspecified atom stereocenters. The smallest absolute Gasteiger partial charge is 0.259 e. The fourth-order valence-electron chi connectivity index (χ4n) is 3.71. The van der Waals surface area contributed by atoms with Gasteiger partial charge in [-0.05, 0) is 37.1 Å². The summed E-state index contributed by atoms with van der Waals surface area (Å²) in [5, 5.41) is 15.5. The number of rotatable bonds is 5. The molecule has 4 rings (SSSR count). The first-order chi connectivity index (χ1) is 14.0. The number of fused-ring (bicyclic) bond motifs is 1. The molecule has 1 atom stereocenters. The molecule has 2 aromatic heterocycles. The predicted octanol–water partition coefficient (Wildman–Crippen LogP) is 1.65. The molecule has 152 valence electrons. The number of hydrogen-bond donors (Lipinski definition) is 3. The summed E-state index contributed by atoms with van der Waals surface area (Å²) in [6, 6.07) is 4.76. The van der Waals surface area contributed by atoms with E-state index >= 15 is 0 Å². The maximum Gasteiger partial charge on any atom is 0.259 e. The summed E-state index contributed by atoms with van der Waals surface area (Å²) in [6.07, 6.45) is 3.06. The van der Waals surface area contributed by atoms with Gasteiger partial charge in [0.15, 0.2) is 11.5 Å². The molecule has 0 saturated carbocycles. The van der Waals surface area contributed by atoms with E-state index in [2.05, 4.69) is 15.4 Å². The molecule has 1 amide bonds. The number of carbonyl (C=O) groups is 1. The molecule has 3 aromatic rings. The van der Waals surface area contributed by atoms with Crippen molar-refractivity contribution in [2.45, 2.75) is 18.9 Å². The topological polar surface area (TPSA) is 109 Å². The summed E-state index contributed by atoms with van der Waals surface area (Å²) in [5.74, 6) is -0.936. The van der Waals surface area contributed by atoms with Gasteiger partial charge in [-0.1, -0.05) is 0 Å². The van der Waals surface area contributed by atoms with Gasteiger partial charge in [0, 0.05) is 24.8 Å². The Morgan fingerprint density at radius 3 is 2.97 bits per heavy atom. The van der Waals surface area contributed by atoms with Crippen molar-refractivity contribution in [3.63, 3.8) is 0 Å². The van der Waals surface area contributed by atoms with Crippen LogP contribution in [0.2, 0.25) is 0 Å². The molecule has 1 aliphatic rings. The number of aliphatic hydroxyl groups excluding tert-OH is 1. The van der Waals surface area contributed by atoms with Crippen LogP contribution in [-0.2, 0) is 0 Å². The van der Waals surface area contributed by atoms with Gasteiger partial charge in [0.05, 0.1) is 12.6 Å². The molecule has 4 N–H and O–H groups in total. The molecule has 0 radical (unpaired) electrons. The summed E-state index contributed by atoms with van der Waals surface area (Å²) in [5.41, 5.74) is 6.52. The molecule has 1 aromatic carbocycles. The molecule has 8 nitrogen and oxygen atoms in total. The zero-order valence-corrected chi connectivity index (χ0v) is 15.5. The monoisotopic (exact) mass is 402 g/mol. The Kier molecular flexibility index (Phi) is 5.01. The molecule has 1 saturated heterocycles. The van der Waals surface area contributed by atoms with Gasteiger partial charge < -0.3 is 21.1 Å². The van der Waals surface area contributed by atoms with Crippen LogP contribution in [0.15, 0.2) is 30.5 Å². The van der Waals surface area contributed by atoms with Crippen LogP contribution in [0.4, 0.5) is 20.4 Å². The number of carbonyl (C=O) groups excluding carboxylic acids is 1. The van der Waals surface area contributed by atoms with Gasteiger partial charge in [-0.15, -0.1) is 5.10 Å². The van der Waals surface area contributed by atoms with Crippen LogP contribution in [0.5, 0.6) is 0 Å². The van der Waals surface area contributed by atoms with E-state index in [1.807, 2.05) is 4.90 Å². The number of nitrogens with two attached hydrogens (primary N) is 1. The highest BCUT2D eigenvalue weighted by atomic mass is 19.1. The van der Waals surface area contributed by atoms with E-state index in [-0.39, 0.29) is 41.8 Å². The number of nitrogen functional groups attached to an aromatic ring is 1. The summed E-state index contributed by atoms with van der Waals surface area (Å²) in [4.78, 5) is 18.8. The van der Waals surface area contributed by atoms with E-state index < -0.39 is 17.5 Å². The number of nitrogens with one attached hydrogen (secondary N) is 1. The van der Waals surface area contributed by atoms with Gasteiger partial charge in [-0.3, -0.25) is 4.79 Å². The molecule has 0 aliphatic carbocycles. The zero-order chi connectivity index (χ0) is 20.5. The Morgan fingerprint density at radius 1 is 1.34 bits per heavy atom. The first-order valence-electron chi connectivity index (χ1n) is 9.25. The van der Waals surface area contributed by atoms with E-state index in [0.717, 1.165) is 18.6 Å². The molecule has 0 spiro atoms. The Morgan fingerprint density at radius 2 is 2.17 bits per heavy atom. The van der Waals surface area contributed by atoms with E-state index in [0.29, 0.717) is 18.8 Å². The van der Waals surface area contributed by atoms with Gasteiger partial charge in [-0.2, -0.15) is 0 Å². The lowest BCUT2D eigenvalue weighted by Crippen LogP contribution is -2.27. The minimum Gasteiger partial charge on any atom is -0.395 e. The van der Waals surface area contributed by atoms with Crippen molar-refractivity contribution in [1.82, 2.24) is 19.9 Å². The van der Waals surface area contributed by atoms with Crippen molar-refractivity contribution in [3.05, 3.63) is 53.2 Å². The van der Waals surface area contributed by atoms with E-state index in [1.54, 1.807) is 12.3 Å². The Balaban J connectivity index is 1.73. The summed E-state index contributed by atoms with van der Waals surface area (Å²) in [6.45, 7) is 0.472. The van der Waals surface area contributed by atoms with Crippen molar-refractivity contribution >= 4 is 23.2 Å². The van der Waals surface area contributed by atoms with Gasteiger partial charge >= 0.3 is 0 Å². The second-order valence-corrected chi connectivity index (χ2v) is 6.81. The second kappa shape index (κ2) is 7.63. The maximum atomic E-state index is 14.3. The van der Waals surface area contributed by atoms with Gasteiger partial charge in [-0.25, -0.2) is 18.3 Å². The second-order valence-electron chi connectivity index (χ2n) is 6.81. The third kappa shape index (κ3) is 3.46. The minimum absolute atomic E-state index is 0.0132. The van der Waals surface area contributed by atoms with E-state index in [9.17, 15) is 13.6 Å². The summed E-state index contributed by atoms with van der Waals surface area (Å²) in [7, 11) is 0. The van der Waals surface area contributed by atoms with E-state index in [1.165, 1.54) is 10.6 Å². The molecule has 0 bridgehead atoms. The van der Waals surface area contributed by atoms with Crippen LogP contribution in [0.25, 0.3) is 5.65 Å². The van der Waals surface area contributed by atoms with Crippen LogP contribution >= 0.6 is 0 Å². The SMILES string of the molecule is Nc1nn2ccc(N3CCCC3c3cc(F)ccc3F)nc2c1C(=O)NCCO. The molecule has 3 heterocycles. The largest absolute Gasteiger partial charge is 0.395 e. The van der Waals surface area contributed by atoms with Gasteiger partial charge in [0.25, 0.3) is 5.91 Å². The van der Waals surface area contributed by atoms with Crippen LogP contribution < -0.4 is 16.0 Å². The standard InChI is InChI=1S/C19H20F2N6O2/c20-11-3-4-13(21)12(10-11)14-2-1-7-26(14)15-5-8-27-18(24-15)16(17(22)25-27)19(29)23-6-9-28/h3-5,8,10,14,28H,1-2,6-7,9H2,(H2,22,25)(H,23,29). The normalized spacial score (nSPS) is 16.5. The van der Waals surface area contributed by atoms with Crippen molar-refractivity contribution in [1.29, 1.82) is 0 Å². The number of nitrogens with zero attached hydrogens (tertiary/aromatic N) is 4. The molecule has 1 fully saturated rings.